The van der Waals surface area contributed by atoms with Crippen LogP contribution in [0.25, 0.3) is 0 Å². The first-order chi connectivity index (χ1) is 12.4. The lowest BCUT2D eigenvalue weighted by Gasteiger charge is -2.45. The van der Waals surface area contributed by atoms with Crippen LogP contribution in [-0.4, -0.2) is 18.0 Å². The predicted octanol–water partition coefficient (Wildman–Crippen LogP) is 6.46. The largest absolute Gasteiger partial charge is 0.298 e. The molecule has 0 amide bonds. The molecule has 2 unspecified atom stereocenters. The van der Waals surface area contributed by atoms with Crippen molar-refractivity contribution in [1.29, 1.82) is 0 Å². The number of hydrogen-bond acceptors (Lipinski definition) is 1. The van der Waals surface area contributed by atoms with Gasteiger partial charge in [0.2, 0.25) is 0 Å². The lowest BCUT2D eigenvalue weighted by atomic mass is 9.66. The van der Waals surface area contributed by atoms with E-state index >= 15 is 0 Å². The zero-order valence-corrected chi connectivity index (χ0v) is 17.2. The van der Waals surface area contributed by atoms with Crippen LogP contribution in [0.2, 0.25) is 0 Å². The minimum Gasteiger partial charge on any atom is -0.298 e. The second-order valence-electron chi connectivity index (χ2n) is 9.37. The van der Waals surface area contributed by atoms with Gasteiger partial charge in [0, 0.05) is 19.0 Å². The molecule has 2 aromatic rings. The fraction of sp³-hybridized carbons (Fsp3) is 0.520. The van der Waals surface area contributed by atoms with Gasteiger partial charge in [-0.2, -0.15) is 0 Å². The third-order valence-corrected chi connectivity index (χ3v) is 6.08. The normalized spacial score (nSPS) is 21.9. The van der Waals surface area contributed by atoms with E-state index in [4.69, 9.17) is 0 Å². The summed E-state index contributed by atoms with van der Waals surface area (Å²) in [6, 6.07) is 20.1. The summed E-state index contributed by atoms with van der Waals surface area (Å²) in [5, 5.41) is 0. The van der Waals surface area contributed by atoms with E-state index in [1.165, 1.54) is 30.6 Å². The second kappa shape index (κ2) is 7.96. The van der Waals surface area contributed by atoms with Gasteiger partial charge in [-0.1, -0.05) is 89.2 Å². The number of piperidine rings is 1. The predicted molar refractivity (Wildman–Crippen MR) is 113 cm³/mol. The summed E-state index contributed by atoms with van der Waals surface area (Å²) in [5.41, 5.74) is 4.89. The van der Waals surface area contributed by atoms with Crippen LogP contribution in [0.4, 0.5) is 0 Å². The Bertz CT molecular complexity index is 696. The Morgan fingerprint density at radius 3 is 2.27 bits per heavy atom. The zero-order chi connectivity index (χ0) is 18.7. The van der Waals surface area contributed by atoms with Gasteiger partial charge >= 0.3 is 0 Å². The molecular weight excluding hydrogens is 314 g/mol. The molecule has 1 aliphatic rings. The fourth-order valence-electron chi connectivity index (χ4n) is 4.73. The van der Waals surface area contributed by atoms with Crippen molar-refractivity contribution in [3.05, 3.63) is 71.3 Å². The highest BCUT2D eigenvalue weighted by Crippen LogP contribution is 2.45. The first-order valence-electron chi connectivity index (χ1n) is 10.2. The quantitative estimate of drug-likeness (QED) is 0.612. The second-order valence-corrected chi connectivity index (χ2v) is 9.37. The lowest BCUT2D eigenvalue weighted by Crippen LogP contribution is -2.43. The van der Waals surface area contributed by atoms with Gasteiger partial charge in [-0.05, 0) is 46.9 Å². The molecular formula is C25H35N. The van der Waals surface area contributed by atoms with Crippen molar-refractivity contribution in [2.75, 3.05) is 13.1 Å². The zero-order valence-electron chi connectivity index (χ0n) is 17.2. The Labute approximate surface area is 160 Å². The number of rotatable bonds is 4. The molecule has 140 valence electrons. The molecule has 1 nitrogen and oxygen atoms in total. The van der Waals surface area contributed by atoms with Crippen LogP contribution in [0.1, 0.15) is 69.6 Å². The Kier molecular flexibility index (Phi) is 5.87. The topological polar surface area (TPSA) is 3.24 Å². The molecule has 0 saturated carbocycles. The number of benzene rings is 2. The summed E-state index contributed by atoms with van der Waals surface area (Å²) in [5.74, 6) is 1.93. The summed E-state index contributed by atoms with van der Waals surface area (Å²) in [4.78, 5) is 2.67. The fourth-order valence-corrected chi connectivity index (χ4v) is 4.73. The van der Waals surface area contributed by atoms with Crippen LogP contribution in [0.3, 0.4) is 0 Å². The maximum Gasteiger partial charge on any atom is 0.0233 e. The first kappa shape index (κ1) is 19.2. The molecule has 0 spiro atoms. The third kappa shape index (κ3) is 4.38. The van der Waals surface area contributed by atoms with Crippen molar-refractivity contribution < 1.29 is 0 Å². The first-order valence-corrected chi connectivity index (χ1v) is 10.2. The van der Waals surface area contributed by atoms with Gasteiger partial charge in [0.25, 0.3) is 0 Å². The standard InChI is InChI=1S/C25H35N/c1-19(2)21-13-9-10-14-22(21)23-18-26(16-15-24(23)25(3,4)5)17-20-11-7-6-8-12-20/h6-14,19,23-24H,15-18H2,1-5H3. The van der Waals surface area contributed by atoms with Gasteiger partial charge in [0.05, 0.1) is 0 Å². The molecule has 2 aromatic carbocycles. The molecule has 2 atom stereocenters. The van der Waals surface area contributed by atoms with Crippen LogP contribution in [0.5, 0.6) is 0 Å². The summed E-state index contributed by atoms with van der Waals surface area (Å²) >= 11 is 0. The Hall–Kier alpha value is -1.60. The van der Waals surface area contributed by atoms with Gasteiger partial charge in [0.1, 0.15) is 0 Å². The molecule has 1 heterocycles. The van der Waals surface area contributed by atoms with E-state index < -0.39 is 0 Å². The van der Waals surface area contributed by atoms with E-state index in [1.807, 2.05) is 0 Å². The summed E-state index contributed by atoms with van der Waals surface area (Å²) in [7, 11) is 0. The maximum absolute atomic E-state index is 2.67. The van der Waals surface area contributed by atoms with Crippen LogP contribution in [0, 0.1) is 11.3 Å². The molecule has 1 saturated heterocycles. The number of likely N-dealkylation sites (tertiary alicyclic amines) is 1. The highest BCUT2D eigenvalue weighted by molar-refractivity contribution is 5.34. The van der Waals surface area contributed by atoms with Gasteiger partial charge in [-0.25, -0.2) is 0 Å². The molecule has 1 heteroatoms. The van der Waals surface area contributed by atoms with Crippen LogP contribution in [-0.2, 0) is 6.54 Å². The Balaban J connectivity index is 1.89. The van der Waals surface area contributed by atoms with Crippen molar-refractivity contribution >= 4 is 0 Å². The molecule has 0 radical (unpaired) electrons. The minimum atomic E-state index is 0.341. The van der Waals surface area contributed by atoms with Gasteiger partial charge in [-0.3, -0.25) is 4.90 Å². The SMILES string of the molecule is CC(C)c1ccccc1C1CN(Cc2ccccc2)CCC1C(C)(C)C. The molecule has 1 fully saturated rings. The average molecular weight is 350 g/mol. The van der Waals surface area contributed by atoms with Gasteiger partial charge in [-0.15, -0.1) is 0 Å². The minimum absolute atomic E-state index is 0.341. The van der Waals surface area contributed by atoms with Crippen molar-refractivity contribution in [2.24, 2.45) is 11.3 Å². The van der Waals surface area contributed by atoms with E-state index in [1.54, 1.807) is 5.56 Å². The van der Waals surface area contributed by atoms with Gasteiger partial charge < -0.3 is 0 Å². The van der Waals surface area contributed by atoms with Crippen LogP contribution < -0.4 is 0 Å². The highest BCUT2D eigenvalue weighted by Gasteiger charge is 2.38. The molecule has 3 rings (SSSR count). The molecule has 0 aliphatic carbocycles. The van der Waals surface area contributed by atoms with E-state index in [2.05, 4.69) is 94.1 Å². The van der Waals surface area contributed by atoms with Crippen molar-refractivity contribution in [3.8, 4) is 0 Å². The van der Waals surface area contributed by atoms with Gasteiger partial charge in [0.15, 0.2) is 0 Å². The summed E-state index contributed by atoms with van der Waals surface area (Å²) < 4.78 is 0. The van der Waals surface area contributed by atoms with Crippen molar-refractivity contribution in [3.63, 3.8) is 0 Å². The van der Waals surface area contributed by atoms with E-state index in [0.29, 0.717) is 17.3 Å². The molecule has 26 heavy (non-hydrogen) atoms. The third-order valence-electron chi connectivity index (χ3n) is 6.08. The van der Waals surface area contributed by atoms with E-state index in [9.17, 15) is 0 Å². The van der Waals surface area contributed by atoms with E-state index in [0.717, 1.165) is 12.5 Å². The van der Waals surface area contributed by atoms with Crippen LogP contribution in [0.15, 0.2) is 54.6 Å². The monoisotopic (exact) mass is 349 g/mol. The van der Waals surface area contributed by atoms with Crippen LogP contribution >= 0.6 is 0 Å². The van der Waals surface area contributed by atoms with Crippen molar-refractivity contribution in [2.45, 2.75) is 59.4 Å². The summed E-state index contributed by atoms with van der Waals surface area (Å²) in [6.07, 6.45) is 1.29. The molecule has 0 N–H and O–H groups in total. The maximum atomic E-state index is 2.67. The molecule has 1 aliphatic heterocycles. The molecule has 0 aromatic heterocycles. The Morgan fingerprint density at radius 2 is 1.62 bits per heavy atom. The van der Waals surface area contributed by atoms with E-state index in [-0.39, 0.29) is 0 Å². The highest BCUT2D eigenvalue weighted by atomic mass is 15.1. The number of hydrogen-bond donors (Lipinski definition) is 0. The molecule has 0 bridgehead atoms. The lowest BCUT2D eigenvalue weighted by molar-refractivity contribution is 0.0827. The Morgan fingerprint density at radius 1 is 0.962 bits per heavy atom. The average Bonchev–Trinajstić information content (AvgIpc) is 2.61. The van der Waals surface area contributed by atoms with Crippen molar-refractivity contribution in [1.82, 2.24) is 4.90 Å². The number of nitrogens with zero attached hydrogens (tertiary/aromatic N) is 1. The smallest absolute Gasteiger partial charge is 0.0233 e. The summed E-state index contributed by atoms with van der Waals surface area (Å²) in [6.45, 7) is 15.4.